The van der Waals surface area contributed by atoms with Crippen molar-refractivity contribution >= 4 is 22.9 Å². The van der Waals surface area contributed by atoms with Gasteiger partial charge in [-0.3, -0.25) is 14.9 Å². The number of hydrogen-bond donors (Lipinski definition) is 2. The topological polar surface area (TPSA) is 102 Å². The Hall–Kier alpha value is -4.54. The molecule has 5 aromatic rings. The number of likely N-dealkylation sites (tertiary alicyclic amines) is 1. The van der Waals surface area contributed by atoms with E-state index in [0.29, 0.717) is 12.4 Å². The largest absolute Gasteiger partial charge is 0.383 e. The minimum atomic E-state index is -0.266. The van der Waals surface area contributed by atoms with Gasteiger partial charge in [0.15, 0.2) is 5.65 Å². The third-order valence-corrected chi connectivity index (χ3v) is 8.04. The van der Waals surface area contributed by atoms with Crippen LogP contribution in [0.5, 0.6) is 0 Å². The zero-order valence-corrected chi connectivity index (χ0v) is 24.4. The summed E-state index contributed by atoms with van der Waals surface area (Å²) in [6, 6.07) is 21.9. The van der Waals surface area contributed by atoms with Crippen LogP contribution in [0.15, 0.2) is 72.9 Å². The zero-order valence-electron chi connectivity index (χ0n) is 24.4. The number of aromatic nitrogens is 5. The summed E-state index contributed by atoms with van der Waals surface area (Å²) in [6.45, 7) is 7.02. The Bertz CT molecular complexity index is 1700. The molecule has 42 heavy (non-hydrogen) atoms. The monoisotopic (exact) mass is 564 g/mol. The second-order valence-electron chi connectivity index (χ2n) is 10.8. The summed E-state index contributed by atoms with van der Waals surface area (Å²) < 4.78 is 8.89. The standard InChI is InChI=1S/C32H36N8O2/c1-21-29(24-17-26-22(2)36-38(3)31(26)33-18-24)37-40(25-13-9-6-10-14-25)30(21)35-32(41)34-28-20-39(15-16-42-4)19-27(28)23-11-7-5-8-12-23/h5-14,17-18,27-28H,15-16,19-20H2,1-4H3,(H2,34,35,41)/t27-,28+/m0/s1. The molecule has 2 aromatic carbocycles. The van der Waals surface area contributed by atoms with E-state index >= 15 is 0 Å². The molecule has 0 unspecified atom stereocenters. The summed E-state index contributed by atoms with van der Waals surface area (Å²) in [4.78, 5) is 20.6. The van der Waals surface area contributed by atoms with Crippen LogP contribution >= 0.6 is 0 Å². The quantitative estimate of drug-likeness (QED) is 0.284. The average Bonchev–Trinajstić information content (AvgIpc) is 3.65. The fourth-order valence-electron chi connectivity index (χ4n) is 5.89. The number of amides is 2. The molecule has 2 atom stereocenters. The number of fused-ring (bicyclic) bond motifs is 1. The molecular formula is C32H36N8O2. The maximum Gasteiger partial charge on any atom is 0.320 e. The molecule has 2 N–H and O–H groups in total. The normalized spacial score (nSPS) is 17.1. The lowest BCUT2D eigenvalue weighted by Crippen LogP contribution is -2.42. The lowest BCUT2D eigenvalue weighted by molar-refractivity contribution is 0.159. The summed E-state index contributed by atoms with van der Waals surface area (Å²) in [5.41, 5.74) is 6.25. The SMILES string of the molecule is COCCN1C[C@@H](NC(=O)Nc2c(C)c(-c3cnc4c(c3)c(C)nn4C)nn2-c2ccccc2)[C@H](c2ccccc2)C1. The van der Waals surface area contributed by atoms with Crippen molar-refractivity contribution in [3.8, 4) is 16.9 Å². The summed E-state index contributed by atoms with van der Waals surface area (Å²) in [5.74, 6) is 0.784. The molecule has 0 spiro atoms. The summed E-state index contributed by atoms with van der Waals surface area (Å²) in [7, 11) is 3.61. The number of aryl methyl sites for hydroxylation is 2. The molecule has 3 aromatic heterocycles. The first kappa shape index (κ1) is 27.6. The molecule has 10 heteroatoms. The van der Waals surface area contributed by atoms with E-state index in [-0.39, 0.29) is 18.0 Å². The van der Waals surface area contributed by atoms with Gasteiger partial charge in [-0.1, -0.05) is 48.5 Å². The highest BCUT2D eigenvalue weighted by molar-refractivity contribution is 5.92. The van der Waals surface area contributed by atoms with Gasteiger partial charge in [-0.2, -0.15) is 10.2 Å². The van der Waals surface area contributed by atoms with Gasteiger partial charge >= 0.3 is 6.03 Å². The first-order valence-electron chi connectivity index (χ1n) is 14.2. The fraction of sp³-hybridized carbons (Fsp3) is 0.312. The molecule has 1 aliphatic rings. The molecule has 1 aliphatic heterocycles. The highest BCUT2D eigenvalue weighted by Gasteiger charge is 2.35. The van der Waals surface area contributed by atoms with Gasteiger partial charge in [-0.05, 0) is 37.6 Å². The molecular weight excluding hydrogens is 528 g/mol. The second-order valence-corrected chi connectivity index (χ2v) is 10.8. The minimum absolute atomic E-state index is 0.0581. The van der Waals surface area contributed by atoms with Crippen LogP contribution in [0.25, 0.3) is 28.0 Å². The van der Waals surface area contributed by atoms with Crippen molar-refractivity contribution < 1.29 is 9.53 Å². The maximum absolute atomic E-state index is 13.6. The molecule has 0 radical (unpaired) electrons. The number of benzene rings is 2. The third kappa shape index (κ3) is 5.38. The van der Waals surface area contributed by atoms with Crippen LogP contribution in [0.3, 0.4) is 0 Å². The van der Waals surface area contributed by atoms with E-state index < -0.39 is 0 Å². The van der Waals surface area contributed by atoms with Crippen LogP contribution in [-0.2, 0) is 11.8 Å². The van der Waals surface area contributed by atoms with E-state index in [9.17, 15) is 4.79 Å². The van der Waals surface area contributed by atoms with Crippen molar-refractivity contribution in [1.29, 1.82) is 0 Å². The molecule has 2 amide bonds. The Morgan fingerprint density at radius 2 is 1.76 bits per heavy atom. The van der Waals surface area contributed by atoms with E-state index in [4.69, 9.17) is 9.84 Å². The molecule has 0 saturated carbocycles. The highest BCUT2D eigenvalue weighted by Crippen LogP contribution is 2.33. The smallest absolute Gasteiger partial charge is 0.320 e. The van der Waals surface area contributed by atoms with Crippen LogP contribution in [0.2, 0.25) is 0 Å². The Labute approximate surface area is 245 Å². The maximum atomic E-state index is 13.6. The number of carbonyl (C=O) groups is 1. The molecule has 0 bridgehead atoms. The van der Waals surface area contributed by atoms with Crippen molar-refractivity contribution in [2.75, 3.05) is 38.7 Å². The first-order chi connectivity index (χ1) is 20.4. The van der Waals surface area contributed by atoms with Gasteiger partial charge in [-0.25, -0.2) is 14.5 Å². The third-order valence-electron chi connectivity index (χ3n) is 8.04. The van der Waals surface area contributed by atoms with E-state index in [1.807, 2.05) is 75.6 Å². The van der Waals surface area contributed by atoms with Crippen molar-refractivity contribution in [3.63, 3.8) is 0 Å². The fourth-order valence-corrected chi connectivity index (χ4v) is 5.89. The molecule has 216 valence electrons. The van der Waals surface area contributed by atoms with Crippen LogP contribution < -0.4 is 10.6 Å². The lowest BCUT2D eigenvalue weighted by Gasteiger charge is -2.21. The highest BCUT2D eigenvalue weighted by atomic mass is 16.5. The molecule has 4 heterocycles. The van der Waals surface area contributed by atoms with E-state index in [1.165, 1.54) is 5.56 Å². The van der Waals surface area contributed by atoms with Crippen molar-refractivity contribution in [3.05, 3.63) is 89.7 Å². The van der Waals surface area contributed by atoms with Gasteiger partial charge in [-0.15, -0.1) is 0 Å². The Balaban J connectivity index is 1.31. The van der Waals surface area contributed by atoms with Gasteiger partial charge in [0.05, 0.1) is 29.7 Å². The van der Waals surface area contributed by atoms with Gasteiger partial charge in [0.25, 0.3) is 0 Å². The van der Waals surface area contributed by atoms with Crippen LogP contribution in [0, 0.1) is 13.8 Å². The molecule has 1 fully saturated rings. The number of methoxy groups -OCH3 is 1. The van der Waals surface area contributed by atoms with Gasteiger partial charge < -0.3 is 10.1 Å². The Morgan fingerprint density at radius 3 is 2.50 bits per heavy atom. The second kappa shape index (κ2) is 11.8. The van der Waals surface area contributed by atoms with Crippen LogP contribution in [0.4, 0.5) is 10.6 Å². The number of anilines is 1. The van der Waals surface area contributed by atoms with Crippen molar-refractivity contribution in [2.45, 2.75) is 25.8 Å². The van der Waals surface area contributed by atoms with E-state index in [0.717, 1.165) is 58.9 Å². The van der Waals surface area contributed by atoms with Gasteiger partial charge in [0.1, 0.15) is 5.82 Å². The number of nitrogens with one attached hydrogen (secondary N) is 2. The number of ether oxygens (including phenoxy) is 1. The van der Waals surface area contributed by atoms with Crippen molar-refractivity contribution in [1.82, 2.24) is 34.8 Å². The predicted molar refractivity (Wildman–Crippen MR) is 164 cm³/mol. The van der Waals surface area contributed by atoms with Gasteiger partial charge in [0.2, 0.25) is 0 Å². The predicted octanol–water partition coefficient (Wildman–Crippen LogP) is 4.67. The van der Waals surface area contributed by atoms with Crippen molar-refractivity contribution in [2.24, 2.45) is 7.05 Å². The van der Waals surface area contributed by atoms with Gasteiger partial charge in [0, 0.05) is 62.4 Å². The molecule has 10 nitrogen and oxygen atoms in total. The average molecular weight is 565 g/mol. The molecule has 6 rings (SSSR count). The number of urea groups is 1. The van der Waals surface area contributed by atoms with E-state index in [2.05, 4.69) is 43.8 Å². The number of para-hydroxylation sites is 1. The Kier molecular flexibility index (Phi) is 7.73. The molecule has 0 aliphatic carbocycles. The summed E-state index contributed by atoms with van der Waals surface area (Å²) >= 11 is 0. The Morgan fingerprint density at radius 1 is 1.02 bits per heavy atom. The minimum Gasteiger partial charge on any atom is -0.383 e. The number of carbonyl (C=O) groups excluding carboxylic acids is 1. The summed E-state index contributed by atoms with van der Waals surface area (Å²) in [6.07, 6.45) is 1.82. The van der Waals surface area contributed by atoms with Crippen LogP contribution in [0.1, 0.15) is 22.7 Å². The number of nitrogens with zero attached hydrogens (tertiary/aromatic N) is 6. The molecule has 1 saturated heterocycles. The zero-order chi connectivity index (χ0) is 29.2. The first-order valence-corrected chi connectivity index (χ1v) is 14.2. The lowest BCUT2D eigenvalue weighted by atomic mass is 9.94. The van der Waals surface area contributed by atoms with Crippen LogP contribution in [-0.4, -0.2) is 74.9 Å². The number of rotatable bonds is 8. The number of pyridine rings is 1. The number of hydrogen-bond acceptors (Lipinski definition) is 6. The van der Waals surface area contributed by atoms with E-state index in [1.54, 1.807) is 16.5 Å². The summed E-state index contributed by atoms with van der Waals surface area (Å²) in [5, 5.41) is 16.9.